The number of hydrogen-bond acceptors (Lipinski definition) is 6. The zero-order valence-electron chi connectivity index (χ0n) is 37.7. The van der Waals surface area contributed by atoms with E-state index in [2.05, 4.69) is 136 Å². The summed E-state index contributed by atoms with van der Waals surface area (Å²) >= 11 is 0. The number of aliphatic carboxylic acids is 2. The van der Waals surface area contributed by atoms with E-state index in [-0.39, 0.29) is 10.8 Å². The predicted molar refractivity (Wildman–Crippen MR) is 264 cm³/mol. The molecule has 8 bridgehead atoms. The fraction of sp³-hybridized carbons (Fsp3) is 0.179. The van der Waals surface area contributed by atoms with Crippen molar-refractivity contribution in [3.05, 3.63) is 155 Å². The first-order valence-corrected chi connectivity index (χ1v) is 21.9. The SMILES string of the molecule is CC(C)(C)c1ccc(-c2c3nc(c(-c4ccc(OCC(=O)O)cc4)c4ccc([nH]4)c(-c4ccc(C(C)(C)C)cc4)c4nc(c(-c5ccc(OCC(=O)O)cc5)c5ccc2[nH]5)C=C4)C=C3)cc1. The number of benzene rings is 4. The lowest BCUT2D eigenvalue weighted by Crippen LogP contribution is -2.10. The van der Waals surface area contributed by atoms with Crippen LogP contribution < -0.4 is 9.47 Å². The average molecular weight is 875 g/mol. The lowest BCUT2D eigenvalue weighted by Gasteiger charge is -2.19. The number of nitrogens with one attached hydrogen (secondary N) is 2. The van der Waals surface area contributed by atoms with E-state index >= 15 is 0 Å². The molecule has 0 atom stereocenters. The first-order chi connectivity index (χ1) is 31.6. The summed E-state index contributed by atoms with van der Waals surface area (Å²) < 4.78 is 11.0. The third-order valence-corrected chi connectivity index (χ3v) is 11.8. The van der Waals surface area contributed by atoms with Crippen LogP contribution >= 0.6 is 0 Å². The first kappa shape index (κ1) is 43.3. The Kier molecular flexibility index (Phi) is 11.3. The van der Waals surface area contributed by atoms with Gasteiger partial charge in [-0.1, -0.05) is 114 Å². The molecule has 66 heavy (non-hydrogen) atoms. The fourth-order valence-corrected chi connectivity index (χ4v) is 8.42. The monoisotopic (exact) mass is 874 g/mol. The quantitative estimate of drug-likeness (QED) is 0.106. The summed E-state index contributed by atoms with van der Waals surface area (Å²) in [4.78, 5) is 41.0. The third-order valence-electron chi connectivity index (χ3n) is 11.8. The molecule has 5 heterocycles. The zero-order valence-corrected chi connectivity index (χ0v) is 37.7. The van der Waals surface area contributed by atoms with Gasteiger partial charge in [0.1, 0.15) is 11.5 Å². The van der Waals surface area contributed by atoms with Gasteiger partial charge in [0.2, 0.25) is 0 Å². The number of fused-ring (bicyclic) bond motifs is 8. The summed E-state index contributed by atoms with van der Waals surface area (Å²) in [6.07, 6.45) is 8.18. The summed E-state index contributed by atoms with van der Waals surface area (Å²) in [5.41, 5.74) is 15.9. The van der Waals surface area contributed by atoms with E-state index in [0.717, 1.165) is 89.4 Å². The second-order valence-electron chi connectivity index (χ2n) is 18.6. The van der Waals surface area contributed by atoms with Gasteiger partial charge in [-0.15, -0.1) is 0 Å². The molecule has 3 aromatic heterocycles. The number of hydrogen-bond donors (Lipinski definition) is 4. The topological polar surface area (TPSA) is 150 Å². The highest BCUT2D eigenvalue weighted by Crippen LogP contribution is 2.40. The number of carboxylic acids is 2. The average Bonchev–Trinajstić information content (AvgIpc) is 4.14. The second kappa shape index (κ2) is 17.2. The fourth-order valence-electron chi connectivity index (χ4n) is 8.42. The summed E-state index contributed by atoms with van der Waals surface area (Å²) in [5.74, 6) is -1.21. The molecule has 10 nitrogen and oxygen atoms in total. The Morgan fingerprint density at radius 3 is 0.924 bits per heavy atom. The van der Waals surface area contributed by atoms with Gasteiger partial charge in [-0.25, -0.2) is 19.6 Å². The Balaban J connectivity index is 1.37. The number of carboxylic acid groups (broad SMARTS) is 2. The molecule has 0 fully saturated rings. The van der Waals surface area contributed by atoms with Gasteiger partial charge in [-0.3, -0.25) is 0 Å². The molecule has 0 amide bonds. The zero-order chi connectivity index (χ0) is 46.3. The number of rotatable bonds is 10. The van der Waals surface area contributed by atoms with E-state index in [9.17, 15) is 19.8 Å². The van der Waals surface area contributed by atoms with E-state index < -0.39 is 25.2 Å². The number of aromatic amines is 2. The molecule has 7 aromatic rings. The highest BCUT2D eigenvalue weighted by atomic mass is 16.5. The highest BCUT2D eigenvalue weighted by Gasteiger charge is 2.21. The molecular weight excluding hydrogens is 825 g/mol. The van der Waals surface area contributed by atoms with E-state index in [1.54, 1.807) is 24.3 Å². The van der Waals surface area contributed by atoms with Crippen molar-refractivity contribution in [2.45, 2.75) is 52.4 Å². The highest BCUT2D eigenvalue weighted by molar-refractivity contribution is 6.00. The Morgan fingerprint density at radius 1 is 0.424 bits per heavy atom. The Labute approximate surface area is 383 Å². The number of H-pyrrole nitrogens is 2. The van der Waals surface area contributed by atoms with Gasteiger partial charge in [0.05, 0.1) is 22.8 Å². The largest absolute Gasteiger partial charge is 0.482 e. The van der Waals surface area contributed by atoms with Crippen LogP contribution in [0.1, 0.15) is 75.4 Å². The first-order valence-electron chi connectivity index (χ1n) is 21.9. The maximum absolute atomic E-state index is 11.3. The predicted octanol–water partition coefficient (Wildman–Crippen LogP) is 12.8. The van der Waals surface area contributed by atoms with Crippen LogP contribution in [-0.2, 0) is 20.4 Å². The molecular formula is C56H50N4O6. The van der Waals surface area contributed by atoms with Crippen molar-refractivity contribution < 1.29 is 29.3 Å². The molecule has 4 N–H and O–H groups in total. The van der Waals surface area contributed by atoms with E-state index in [1.165, 1.54) is 11.1 Å². The van der Waals surface area contributed by atoms with E-state index in [1.807, 2.05) is 36.4 Å². The number of ether oxygens (including phenoxy) is 2. The van der Waals surface area contributed by atoms with Crippen molar-refractivity contribution in [3.8, 4) is 56.0 Å². The maximum atomic E-state index is 11.3. The van der Waals surface area contributed by atoms with Crippen LogP contribution in [0.25, 0.3) is 90.9 Å². The molecule has 4 aromatic carbocycles. The van der Waals surface area contributed by atoms with Gasteiger partial charge in [0.25, 0.3) is 0 Å². The molecule has 10 heteroatoms. The standard InChI is InChI=1S/C56H50N4O6/c1-55(2,3)37-15-7-33(8-16-37)51-41-23-27-45(57-41)53(35-11-19-39(20-12-35)65-31-49(61)62)47-29-25-43(59-47)52(34-9-17-38(18-10-34)56(4,5)6)44-26-30-48(60-44)54(46-28-24-42(51)58-46)36-13-21-40(22-14-36)66-32-50(63)64/h7-30,57,60H,31-32H2,1-6H3,(H,61,62)(H,63,64). The van der Waals surface area contributed by atoms with Crippen molar-refractivity contribution in [1.82, 2.24) is 19.9 Å². The molecule has 9 rings (SSSR count). The third kappa shape index (κ3) is 8.90. The number of carbonyl (C=O) groups is 2. The van der Waals surface area contributed by atoms with Crippen LogP contribution in [-0.4, -0.2) is 55.3 Å². The normalized spacial score (nSPS) is 12.3. The summed E-state index contributed by atoms with van der Waals surface area (Å²) in [5, 5.41) is 18.5. The van der Waals surface area contributed by atoms with Crippen LogP contribution in [0, 0.1) is 0 Å². The lowest BCUT2D eigenvalue weighted by molar-refractivity contribution is -0.140. The van der Waals surface area contributed by atoms with Gasteiger partial charge in [-0.2, -0.15) is 0 Å². The molecule has 0 saturated carbocycles. The van der Waals surface area contributed by atoms with Crippen molar-refractivity contribution >= 4 is 58.3 Å². The second-order valence-corrected chi connectivity index (χ2v) is 18.6. The summed E-state index contributed by atoms with van der Waals surface area (Å²) in [7, 11) is 0. The lowest BCUT2D eigenvalue weighted by atomic mass is 9.86. The van der Waals surface area contributed by atoms with Crippen LogP contribution in [0.3, 0.4) is 0 Å². The van der Waals surface area contributed by atoms with Crippen LogP contribution in [0.5, 0.6) is 11.5 Å². The van der Waals surface area contributed by atoms with Crippen molar-refractivity contribution in [2.24, 2.45) is 0 Å². The van der Waals surface area contributed by atoms with E-state index in [4.69, 9.17) is 19.4 Å². The smallest absolute Gasteiger partial charge is 0.341 e. The molecule has 0 aliphatic carbocycles. The van der Waals surface area contributed by atoms with Crippen molar-refractivity contribution in [1.29, 1.82) is 0 Å². The maximum Gasteiger partial charge on any atom is 0.341 e. The molecule has 0 radical (unpaired) electrons. The summed E-state index contributed by atoms with van der Waals surface area (Å²) in [6.45, 7) is 12.3. The van der Waals surface area contributed by atoms with Gasteiger partial charge in [-0.05, 0) is 117 Å². The molecule has 0 saturated heterocycles. The molecule has 0 unspecified atom stereocenters. The van der Waals surface area contributed by atoms with Crippen LogP contribution in [0.2, 0.25) is 0 Å². The molecule has 2 aliphatic heterocycles. The minimum atomic E-state index is -1.05. The van der Waals surface area contributed by atoms with Crippen molar-refractivity contribution in [3.63, 3.8) is 0 Å². The van der Waals surface area contributed by atoms with E-state index in [0.29, 0.717) is 11.5 Å². The number of nitrogens with zero attached hydrogens (tertiary/aromatic N) is 2. The van der Waals surface area contributed by atoms with Crippen LogP contribution in [0.4, 0.5) is 0 Å². The number of aromatic nitrogens is 4. The van der Waals surface area contributed by atoms with Crippen LogP contribution in [0.15, 0.2) is 121 Å². The van der Waals surface area contributed by atoms with Gasteiger partial charge >= 0.3 is 11.9 Å². The summed E-state index contributed by atoms with van der Waals surface area (Å²) in [6, 6.07) is 40.4. The Bertz CT molecular complexity index is 3010. The van der Waals surface area contributed by atoms with Crippen molar-refractivity contribution in [2.75, 3.05) is 13.2 Å². The van der Waals surface area contributed by atoms with Gasteiger partial charge in [0, 0.05) is 44.3 Å². The minimum absolute atomic E-state index is 0.0430. The molecule has 2 aliphatic rings. The Morgan fingerprint density at radius 2 is 0.682 bits per heavy atom. The molecule has 0 spiro atoms. The molecule has 330 valence electrons. The van der Waals surface area contributed by atoms with Gasteiger partial charge < -0.3 is 29.7 Å². The Hall–Kier alpha value is -7.98. The van der Waals surface area contributed by atoms with Gasteiger partial charge in [0.15, 0.2) is 13.2 Å². The minimum Gasteiger partial charge on any atom is -0.482 e.